The number of rotatable bonds is 4. The maximum Gasteiger partial charge on any atom is 0.337 e. The van der Waals surface area contributed by atoms with Crippen molar-refractivity contribution in [3.63, 3.8) is 0 Å². The zero-order valence-corrected chi connectivity index (χ0v) is 21.1. The molecule has 0 amide bonds. The Hall–Kier alpha value is -2.43. The van der Waals surface area contributed by atoms with Crippen LogP contribution in [0.4, 0.5) is 0 Å². The van der Waals surface area contributed by atoms with Crippen molar-refractivity contribution in [2.45, 2.75) is 83.7 Å². The van der Waals surface area contributed by atoms with E-state index >= 15 is 0 Å². The molecule has 2 aromatic carbocycles. The van der Waals surface area contributed by atoms with Crippen LogP contribution in [0.1, 0.15) is 86.1 Å². The highest BCUT2D eigenvalue weighted by Crippen LogP contribution is 2.55. The molecule has 4 heteroatoms. The second kappa shape index (κ2) is 8.11. The summed E-state index contributed by atoms with van der Waals surface area (Å²) in [7, 11) is 1.40. The monoisotopic (exact) mass is 448 g/mol. The Morgan fingerprint density at radius 1 is 0.970 bits per heavy atom. The molecule has 0 spiro atoms. The lowest BCUT2D eigenvalue weighted by atomic mass is 9.58. The number of carbonyl (C=O) groups excluding carboxylic acids is 1. The van der Waals surface area contributed by atoms with Crippen LogP contribution in [0.5, 0.6) is 0 Å². The fraction of sp³-hybridized carbons (Fsp3) is 0.483. The van der Waals surface area contributed by atoms with Gasteiger partial charge in [0.1, 0.15) is 0 Å². The number of ether oxygens (including phenoxy) is 3. The van der Waals surface area contributed by atoms with E-state index in [1.54, 1.807) is 12.1 Å². The van der Waals surface area contributed by atoms with Gasteiger partial charge in [-0.1, -0.05) is 64.1 Å². The molecular weight excluding hydrogens is 412 g/mol. The zero-order valence-electron chi connectivity index (χ0n) is 21.1. The van der Waals surface area contributed by atoms with E-state index in [-0.39, 0.29) is 29.0 Å². The summed E-state index contributed by atoms with van der Waals surface area (Å²) in [6, 6.07) is 12.1. The first-order valence-electron chi connectivity index (χ1n) is 11.8. The number of hydrogen-bond acceptors (Lipinski definition) is 4. The summed E-state index contributed by atoms with van der Waals surface area (Å²) >= 11 is 0. The van der Waals surface area contributed by atoms with Gasteiger partial charge in [0.25, 0.3) is 0 Å². The summed E-state index contributed by atoms with van der Waals surface area (Å²) in [4.78, 5) is 11.7. The Bertz CT molecular complexity index is 1090. The van der Waals surface area contributed by atoms with Gasteiger partial charge in [-0.05, 0) is 67.1 Å². The molecule has 2 aliphatic rings. The van der Waals surface area contributed by atoms with Gasteiger partial charge in [-0.2, -0.15) is 0 Å². The smallest absolute Gasteiger partial charge is 0.337 e. The molecule has 4 nitrogen and oxygen atoms in total. The largest absolute Gasteiger partial charge is 0.465 e. The van der Waals surface area contributed by atoms with E-state index in [4.69, 9.17) is 14.2 Å². The van der Waals surface area contributed by atoms with Crippen LogP contribution in [0.15, 0.2) is 36.4 Å². The van der Waals surface area contributed by atoms with Crippen LogP contribution in [-0.2, 0) is 25.0 Å². The first-order chi connectivity index (χ1) is 15.4. The van der Waals surface area contributed by atoms with Crippen molar-refractivity contribution in [3.05, 3.63) is 69.8 Å². The number of benzene rings is 2. The lowest BCUT2D eigenvalue weighted by Crippen LogP contribution is -2.55. The highest BCUT2D eigenvalue weighted by Gasteiger charge is 2.60. The molecule has 0 radical (unpaired) electrons. The van der Waals surface area contributed by atoms with Gasteiger partial charge in [-0.25, -0.2) is 4.79 Å². The van der Waals surface area contributed by atoms with Crippen molar-refractivity contribution in [2.24, 2.45) is 0 Å². The van der Waals surface area contributed by atoms with E-state index in [2.05, 4.69) is 58.9 Å². The summed E-state index contributed by atoms with van der Waals surface area (Å²) in [6.45, 7) is 15.3. The minimum absolute atomic E-state index is 0.00500. The predicted octanol–water partition coefficient (Wildman–Crippen LogP) is 6.43. The highest BCUT2D eigenvalue weighted by molar-refractivity contribution is 5.89. The molecule has 0 saturated carbocycles. The lowest BCUT2D eigenvalue weighted by molar-refractivity contribution is -0.154. The molecule has 1 heterocycles. The van der Waals surface area contributed by atoms with Gasteiger partial charge in [-0.15, -0.1) is 0 Å². The van der Waals surface area contributed by atoms with E-state index in [1.807, 2.05) is 26.0 Å². The first kappa shape index (κ1) is 23.7. The van der Waals surface area contributed by atoms with E-state index < -0.39 is 5.79 Å². The summed E-state index contributed by atoms with van der Waals surface area (Å²) in [5.74, 6) is -0.906. The van der Waals surface area contributed by atoms with E-state index in [9.17, 15) is 4.79 Å². The Balaban J connectivity index is 1.74. The molecule has 2 aromatic rings. The molecule has 3 atom stereocenters. The van der Waals surface area contributed by atoms with Crippen molar-refractivity contribution >= 4 is 18.1 Å². The van der Waals surface area contributed by atoms with Gasteiger partial charge in [0.15, 0.2) is 5.79 Å². The predicted molar refractivity (Wildman–Crippen MR) is 132 cm³/mol. The Morgan fingerprint density at radius 2 is 1.61 bits per heavy atom. The molecular formula is C29H36O4. The van der Waals surface area contributed by atoms with Gasteiger partial charge in [0.2, 0.25) is 0 Å². The molecule has 1 aliphatic carbocycles. The molecule has 0 aromatic heterocycles. The second-order valence-electron chi connectivity index (χ2n) is 10.7. The Kier molecular flexibility index (Phi) is 5.83. The molecule has 0 N–H and O–H groups in total. The van der Waals surface area contributed by atoms with Gasteiger partial charge in [0, 0.05) is 10.8 Å². The Labute approximate surface area is 197 Å². The number of methoxy groups -OCH3 is 1. The van der Waals surface area contributed by atoms with Crippen LogP contribution in [-0.4, -0.2) is 31.1 Å². The third-order valence-electron chi connectivity index (χ3n) is 7.67. The molecule has 1 aliphatic heterocycles. The number of fused-ring (bicyclic) bond motifs is 2. The van der Waals surface area contributed by atoms with Crippen molar-refractivity contribution in [3.8, 4) is 0 Å². The topological polar surface area (TPSA) is 44.8 Å². The first-order valence-corrected chi connectivity index (χ1v) is 11.8. The van der Waals surface area contributed by atoms with Crippen molar-refractivity contribution < 1.29 is 19.0 Å². The number of hydrogen-bond donors (Lipinski definition) is 0. The van der Waals surface area contributed by atoms with Crippen LogP contribution in [0.3, 0.4) is 0 Å². The van der Waals surface area contributed by atoms with Crippen LogP contribution in [0, 0.1) is 6.92 Å². The normalized spacial score (nSPS) is 27.3. The third kappa shape index (κ3) is 3.94. The van der Waals surface area contributed by atoms with Crippen LogP contribution < -0.4 is 0 Å². The van der Waals surface area contributed by atoms with Crippen molar-refractivity contribution in [1.82, 2.24) is 0 Å². The second-order valence-corrected chi connectivity index (χ2v) is 10.7. The molecule has 0 bridgehead atoms. The molecule has 33 heavy (non-hydrogen) atoms. The quantitative estimate of drug-likeness (QED) is 0.399. The van der Waals surface area contributed by atoms with Gasteiger partial charge in [-0.3, -0.25) is 0 Å². The van der Waals surface area contributed by atoms with Crippen LogP contribution in [0.25, 0.3) is 12.2 Å². The summed E-state index contributed by atoms with van der Waals surface area (Å²) in [6.07, 6.45) is 5.24. The van der Waals surface area contributed by atoms with E-state index in [0.717, 1.165) is 12.0 Å². The minimum atomic E-state index is -0.584. The zero-order chi connectivity index (χ0) is 24.2. The molecule has 2 unspecified atom stereocenters. The minimum Gasteiger partial charge on any atom is -0.465 e. The highest BCUT2D eigenvalue weighted by atomic mass is 16.8. The number of esters is 1. The van der Waals surface area contributed by atoms with E-state index in [0.29, 0.717) is 5.56 Å². The third-order valence-corrected chi connectivity index (χ3v) is 7.67. The van der Waals surface area contributed by atoms with Crippen molar-refractivity contribution in [2.75, 3.05) is 7.11 Å². The van der Waals surface area contributed by atoms with E-state index in [1.165, 1.54) is 29.4 Å². The lowest BCUT2D eigenvalue weighted by Gasteiger charge is -2.50. The fourth-order valence-corrected chi connectivity index (χ4v) is 5.39. The van der Waals surface area contributed by atoms with Gasteiger partial charge >= 0.3 is 5.97 Å². The molecule has 176 valence electrons. The maximum absolute atomic E-state index is 11.7. The van der Waals surface area contributed by atoms with Crippen molar-refractivity contribution in [1.29, 1.82) is 0 Å². The number of carbonyl (C=O) groups is 1. The van der Waals surface area contributed by atoms with Crippen LogP contribution >= 0.6 is 0 Å². The Morgan fingerprint density at radius 3 is 2.21 bits per heavy atom. The van der Waals surface area contributed by atoms with Gasteiger partial charge < -0.3 is 14.2 Å². The standard InChI is InChI=1S/C29H36O4/c1-9-29(7)23-17-21(15-12-19-10-13-20(14-11-19)26(30)31-8)18(2)16-22(23)27(3,4)24-25(29)33-28(5,6)32-24/h10-17,24-25H,9H2,1-8H3/b15-12+/t24?,25-,29?/m0/s1. The maximum atomic E-state index is 11.7. The van der Waals surface area contributed by atoms with Gasteiger partial charge in [0.05, 0.1) is 24.9 Å². The number of aryl methyl sites for hydroxylation is 1. The average molecular weight is 449 g/mol. The average Bonchev–Trinajstić information content (AvgIpc) is 3.13. The molecule has 4 rings (SSSR count). The molecule has 1 saturated heterocycles. The summed E-state index contributed by atoms with van der Waals surface area (Å²) in [5, 5.41) is 0. The summed E-state index contributed by atoms with van der Waals surface area (Å²) in [5.41, 5.74) is 6.43. The fourth-order valence-electron chi connectivity index (χ4n) is 5.39. The molecule has 1 fully saturated rings. The summed E-state index contributed by atoms with van der Waals surface area (Å²) < 4.78 is 17.8. The SMILES string of the molecule is CCC1(C)c2cc(/C=C/c3ccc(C(=O)OC)cc3)c(C)cc2C(C)(C)C2OC(C)(C)O[C@@H]21. The van der Waals surface area contributed by atoms with Crippen LogP contribution in [0.2, 0.25) is 0 Å².